The van der Waals surface area contributed by atoms with E-state index in [9.17, 15) is 0 Å². The van der Waals surface area contributed by atoms with Crippen molar-refractivity contribution in [3.8, 4) is 5.75 Å². The fourth-order valence-corrected chi connectivity index (χ4v) is 9.22. The van der Waals surface area contributed by atoms with Crippen molar-refractivity contribution in [2.75, 3.05) is 0 Å². The summed E-state index contributed by atoms with van der Waals surface area (Å²) >= 11 is 0. The van der Waals surface area contributed by atoms with Crippen LogP contribution >= 0.6 is 0 Å². The molecule has 0 spiro atoms. The topological polar surface area (TPSA) is 9.23 Å². The van der Waals surface area contributed by atoms with E-state index in [0.29, 0.717) is 16.6 Å². The van der Waals surface area contributed by atoms with E-state index in [1.807, 2.05) is 0 Å². The van der Waals surface area contributed by atoms with Crippen LogP contribution in [0.4, 0.5) is 0 Å². The highest BCUT2D eigenvalue weighted by atomic mass is 28.4. The average molecular weight is 296 g/mol. The molecule has 3 rings (SSSR count). The van der Waals surface area contributed by atoms with E-state index in [1.165, 1.54) is 11.1 Å². The lowest BCUT2D eigenvalue weighted by atomic mass is 10.0. The first kappa shape index (κ1) is 14.4. The van der Waals surface area contributed by atoms with Crippen LogP contribution in [0, 0.1) is 0 Å². The third-order valence-corrected chi connectivity index (χ3v) is 10.6. The molecule has 1 unspecified atom stereocenters. The zero-order valence-corrected chi connectivity index (χ0v) is 14.3. The molecule has 2 heteroatoms. The number of hydrogen-bond acceptors (Lipinski definition) is 1. The molecule has 0 saturated heterocycles. The summed E-state index contributed by atoms with van der Waals surface area (Å²) < 4.78 is 6.72. The zero-order chi connectivity index (χ0) is 15.0. The Morgan fingerprint density at radius 2 is 1.38 bits per heavy atom. The predicted octanol–water partition coefficient (Wildman–Crippen LogP) is 5.52. The molecule has 110 valence electrons. The van der Waals surface area contributed by atoms with Crippen LogP contribution in [0.25, 0.3) is 0 Å². The van der Waals surface area contributed by atoms with Crippen LogP contribution in [-0.2, 0) is 0 Å². The van der Waals surface area contributed by atoms with Gasteiger partial charge in [0.1, 0.15) is 5.75 Å². The summed E-state index contributed by atoms with van der Waals surface area (Å²) in [7, 11) is -1.96. The maximum atomic E-state index is 6.72. The molecule has 0 saturated carbocycles. The van der Waals surface area contributed by atoms with Crippen molar-refractivity contribution in [1.29, 1.82) is 0 Å². The summed E-state index contributed by atoms with van der Waals surface area (Å²) in [6.07, 6.45) is 0. The molecule has 0 fully saturated rings. The van der Waals surface area contributed by atoms with Gasteiger partial charge in [0.05, 0.1) is 0 Å². The van der Waals surface area contributed by atoms with E-state index in [4.69, 9.17) is 4.43 Å². The van der Waals surface area contributed by atoms with Gasteiger partial charge in [-0.25, -0.2) is 0 Å². The van der Waals surface area contributed by atoms with Crippen molar-refractivity contribution in [3.05, 3.63) is 65.7 Å². The quantitative estimate of drug-likeness (QED) is 0.678. The first-order valence-corrected chi connectivity index (χ1v) is 10.0. The second-order valence-corrected chi connectivity index (χ2v) is 11.4. The molecule has 1 nitrogen and oxygen atoms in total. The minimum atomic E-state index is -1.96. The highest BCUT2D eigenvalue weighted by Gasteiger charge is 2.56. The Bertz CT molecular complexity index is 610. The maximum Gasteiger partial charge on any atom is 0.268 e. The van der Waals surface area contributed by atoms with Gasteiger partial charge < -0.3 is 4.43 Å². The number of rotatable bonds is 3. The second-order valence-electron chi connectivity index (χ2n) is 6.65. The van der Waals surface area contributed by atoms with Crippen LogP contribution in [0.1, 0.15) is 44.4 Å². The van der Waals surface area contributed by atoms with E-state index >= 15 is 0 Å². The first-order valence-electron chi connectivity index (χ1n) is 7.90. The smallest absolute Gasteiger partial charge is 0.268 e. The Morgan fingerprint density at radius 3 is 2.00 bits per heavy atom. The normalized spacial score (nSPS) is 19.6. The first-order chi connectivity index (χ1) is 10.1. The molecule has 0 aromatic heterocycles. The maximum absolute atomic E-state index is 6.72. The van der Waals surface area contributed by atoms with Crippen molar-refractivity contribution in [2.45, 2.75) is 44.3 Å². The van der Waals surface area contributed by atoms with E-state index in [0.717, 1.165) is 5.75 Å². The minimum Gasteiger partial charge on any atom is -0.542 e. The molecular weight excluding hydrogens is 272 g/mol. The molecular formula is C19H24OSi. The molecule has 0 amide bonds. The van der Waals surface area contributed by atoms with Gasteiger partial charge in [0.2, 0.25) is 0 Å². The van der Waals surface area contributed by atoms with Crippen molar-refractivity contribution < 1.29 is 4.43 Å². The van der Waals surface area contributed by atoms with Crippen LogP contribution in [-0.4, -0.2) is 8.32 Å². The standard InChI is InChI=1S/C19H24OSi/c1-14(2)21(15(3)4)19(16-10-6-5-7-11-16)17-12-8-9-13-18(17)20-21/h5-15,19H,1-4H3. The molecule has 0 aliphatic carbocycles. The average Bonchev–Trinajstić information content (AvgIpc) is 2.84. The van der Waals surface area contributed by atoms with Gasteiger partial charge in [-0.2, -0.15) is 0 Å². The van der Waals surface area contributed by atoms with E-state index < -0.39 is 8.32 Å². The van der Waals surface area contributed by atoms with Crippen LogP contribution < -0.4 is 4.43 Å². The van der Waals surface area contributed by atoms with Gasteiger partial charge in [0.25, 0.3) is 8.32 Å². The van der Waals surface area contributed by atoms with Gasteiger partial charge in [-0.05, 0) is 22.7 Å². The van der Waals surface area contributed by atoms with Crippen molar-refractivity contribution >= 4 is 8.32 Å². The number of fused-ring (bicyclic) bond motifs is 1. The van der Waals surface area contributed by atoms with Crippen molar-refractivity contribution in [1.82, 2.24) is 0 Å². The summed E-state index contributed by atoms with van der Waals surface area (Å²) in [5, 5.41) is 0. The molecule has 0 bridgehead atoms. The van der Waals surface area contributed by atoms with Gasteiger partial charge in [-0.15, -0.1) is 0 Å². The van der Waals surface area contributed by atoms with E-state index in [-0.39, 0.29) is 0 Å². The van der Waals surface area contributed by atoms with Gasteiger partial charge >= 0.3 is 0 Å². The third kappa shape index (κ3) is 2.13. The molecule has 1 heterocycles. The number of para-hydroxylation sites is 1. The SMILES string of the molecule is CC(C)[Si]1(C(C)C)Oc2ccccc2C1c1ccccc1. The number of hydrogen-bond donors (Lipinski definition) is 0. The van der Waals surface area contributed by atoms with Gasteiger partial charge in [0.15, 0.2) is 0 Å². The van der Waals surface area contributed by atoms with E-state index in [2.05, 4.69) is 82.3 Å². The largest absolute Gasteiger partial charge is 0.542 e. The van der Waals surface area contributed by atoms with Crippen molar-refractivity contribution in [2.24, 2.45) is 0 Å². The fraction of sp³-hybridized carbons (Fsp3) is 0.368. The molecule has 0 radical (unpaired) electrons. The summed E-state index contributed by atoms with van der Waals surface area (Å²) in [6.45, 7) is 9.37. The summed E-state index contributed by atoms with van der Waals surface area (Å²) in [5.41, 5.74) is 4.40. The third-order valence-electron chi connectivity index (χ3n) is 4.91. The van der Waals surface area contributed by atoms with E-state index in [1.54, 1.807) is 0 Å². The summed E-state index contributed by atoms with van der Waals surface area (Å²) in [5.74, 6) is 1.11. The molecule has 0 N–H and O–H groups in total. The highest BCUT2D eigenvalue weighted by Crippen LogP contribution is 2.54. The second kappa shape index (κ2) is 5.34. The van der Waals surface area contributed by atoms with Gasteiger partial charge in [-0.3, -0.25) is 0 Å². The van der Waals surface area contributed by atoms with Crippen LogP contribution in [0.5, 0.6) is 5.75 Å². The number of benzene rings is 2. The molecule has 21 heavy (non-hydrogen) atoms. The Morgan fingerprint density at radius 1 is 0.810 bits per heavy atom. The Kier molecular flexibility index (Phi) is 3.66. The zero-order valence-electron chi connectivity index (χ0n) is 13.3. The van der Waals surface area contributed by atoms with Crippen molar-refractivity contribution in [3.63, 3.8) is 0 Å². The van der Waals surface area contributed by atoms with Crippen LogP contribution in [0.3, 0.4) is 0 Å². The predicted molar refractivity (Wildman–Crippen MR) is 91.3 cm³/mol. The Labute approximate surface area is 129 Å². The monoisotopic (exact) mass is 296 g/mol. The highest BCUT2D eigenvalue weighted by molar-refractivity contribution is 6.80. The minimum absolute atomic E-state index is 0.440. The van der Waals surface area contributed by atoms with Gasteiger partial charge in [-0.1, -0.05) is 76.2 Å². The molecule has 1 atom stereocenters. The van der Waals surface area contributed by atoms with Crippen LogP contribution in [0.2, 0.25) is 11.1 Å². The lowest BCUT2D eigenvalue weighted by Crippen LogP contribution is -2.50. The lowest BCUT2D eigenvalue weighted by molar-refractivity contribution is 0.515. The summed E-state index contributed by atoms with van der Waals surface area (Å²) in [6, 6.07) is 19.6. The molecule has 2 aromatic rings. The Balaban J connectivity index is 2.22. The lowest BCUT2D eigenvalue weighted by Gasteiger charge is -2.39. The molecule has 2 aromatic carbocycles. The fourth-order valence-electron chi connectivity index (χ4n) is 3.96. The van der Waals surface area contributed by atoms with Crippen LogP contribution in [0.15, 0.2) is 54.6 Å². The Hall–Kier alpha value is -1.54. The molecule has 1 aliphatic rings. The van der Waals surface area contributed by atoms with Gasteiger partial charge in [0, 0.05) is 11.1 Å². The molecule has 1 aliphatic heterocycles. The summed E-state index contributed by atoms with van der Waals surface area (Å²) in [4.78, 5) is 0.